The summed E-state index contributed by atoms with van der Waals surface area (Å²) in [7, 11) is 0. The number of benzene rings is 3. The Morgan fingerprint density at radius 2 is 1.88 bits per heavy atom. The van der Waals surface area contributed by atoms with Crippen molar-refractivity contribution < 1.29 is 13.6 Å². The van der Waals surface area contributed by atoms with Crippen LogP contribution in [0.3, 0.4) is 0 Å². The molecule has 5 rings (SSSR count). The molecule has 162 valence electrons. The highest BCUT2D eigenvalue weighted by molar-refractivity contribution is 6.07. The number of halogens is 2. The van der Waals surface area contributed by atoms with Crippen LogP contribution in [0.5, 0.6) is 0 Å². The van der Waals surface area contributed by atoms with Crippen LogP contribution in [0, 0.1) is 11.6 Å². The largest absolute Gasteiger partial charge is 0.367 e. The monoisotopic (exact) mass is 433 g/mol. The SMILES string of the molecule is CC1Cc2ccccc2N1CCNC(=O)c1cc(F)cc2c(=O)c3cc(F)ccc3[nH]c12. The minimum absolute atomic E-state index is 0.00958. The van der Waals surface area contributed by atoms with E-state index in [-0.39, 0.29) is 21.9 Å². The van der Waals surface area contributed by atoms with Gasteiger partial charge in [-0.25, -0.2) is 8.78 Å². The molecule has 1 aliphatic heterocycles. The van der Waals surface area contributed by atoms with Gasteiger partial charge in [-0.1, -0.05) is 18.2 Å². The van der Waals surface area contributed by atoms with E-state index in [9.17, 15) is 18.4 Å². The molecule has 0 saturated heterocycles. The molecule has 2 heterocycles. The van der Waals surface area contributed by atoms with Gasteiger partial charge in [0.15, 0.2) is 5.43 Å². The minimum Gasteiger partial charge on any atom is -0.367 e. The predicted molar refractivity (Wildman–Crippen MR) is 121 cm³/mol. The van der Waals surface area contributed by atoms with Crippen molar-refractivity contribution in [2.45, 2.75) is 19.4 Å². The molecule has 1 amide bonds. The fourth-order valence-corrected chi connectivity index (χ4v) is 4.55. The summed E-state index contributed by atoms with van der Waals surface area (Å²) in [6, 6.07) is 14.4. The highest BCUT2D eigenvalue weighted by Crippen LogP contribution is 2.31. The lowest BCUT2D eigenvalue weighted by Gasteiger charge is -2.25. The molecule has 32 heavy (non-hydrogen) atoms. The van der Waals surface area contributed by atoms with E-state index in [1.165, 1.54) is 17.7 Å². The Labute approximate surface area is 182 Å². The number of nitrogens with one attached hydrogen (secondary N) is 2. The number of hydrogen-bond donors (Lipinski definition) is 2. The van der Waals surface area contributed by atoms with Crippen molar-refractivity contribution in [2.75, 3.05) is 18.0 Å². The van der Waals surface area contributed by atoms with E-state index < -0.39 is 23.0 Å². The van der Waals surface area contributed by atoms with E-state index in [0.717, 1.165) is 30.3 Å². The molecule has 1 unspecified atom stereocenters. The zero-order valence-electron chi connectivity index (χ0n) is 17.4. The third kappa shape index (κ3) is 3.39. The van der Waals surface area contributed by atoms with E-state index in [1.807, 2.05) is 12.1 Å². The third-order valence-corrected chi connectivity index (χ3v) is 6.06. The van der Waals surface area contributed by atoms with Gasteiger partial charge in [-0.15, -0.1) is 0 Å². The number of pyridine rings is 1. The topological polar surface area (TPSA) is 65.2 Å². The number of rotatable bonds is 4. The molecule has 0 radical (unpaired) electrons. The highest BCUT2D eigenvalue weighted by atomic mass is 19.1. The number of aromatic amines is 1. The van der Waals surface area contributed by atoms with Gasteiger partial charge in [-0.05, 0) is 55.3 Å². The van der Waals surface area contributed by atoms with Crippen LogP contribution in [-0.4, -0.2) is 30.0 Å². The number of amides is 1. The van der Waals surface area contributed by atoms with Crippen molar-refractivity contribution in [1.29, 1.82) is 0 Å². The molecule has 3 aromatic carbocycles. The summed E-state index contributed by atoms with van der Waals surface area (Å²) in [4.78, 5) is 31.0. The Kier molecular flexibility index (Phi) is 4.89. The second-order valence-corrected chi connectivity index (χ2v) is 8.15. The molecule has 7 heteroatoms. The third-order valence-electron chi connectivity index (χ3n) is 6.06. The molecule has 0 spiro atoms. The maximum absolute atomic E-state index is 14.3. The van der Waals surface area contributed by atoms with Gasteiger partial charge in [-0.3, -0.25) is 9.59 Å². The standard InChI is InChI=1S/C25H21F2N3O2/c1-14-10-15-4-2-3-5-22(15)30(14)9-8-28-25(32)20-13-17(27)12-19-23(20)29-21-7-6-16(26)11-18(21)24(19)31/h2-7,11-14H,8-10H2,1H3,(H,28,32)(H,29,31). The molecule has 0 saturated carbocycles. The normalized spacial score (nSPS) is 15.3. The van der Waals surface area contributed by atoms with E-state index >= 15 is 0 Å². The lowest BCUT2D eigenvalue weighted by atomic mass is 10.1. The molecule has 1 atom stereocenters. The van der Waals surface area contributed by atoms with Crippen LogP contribution in [0.25, 0.3) is 21.8 Å². The van der Waals surface area contributed by atoms with E-state index in [4.69, 9.17) is 0 Å². The summed E-state index contributed by atoms with van der Waals surface area (Å²) in [5.41, 5.74) is 2.57. The molecule has 5 nitrogen and oxygen atoms in total. The fraction of sp³-hybridized carbons (Fsp3) is 0.200. The summed E-state index contributed by atoms with van der Waals surface area (Å²) in [5, 5.41) is 2.96. The Bertz CT molecular complexity index is 1430. The maximum atomic E-state index is 14.3. The Morgan fingerprint density at radius 3 is 2.72 bits per heavy atom. The zero-order valence-corrected chi connectivity index (χ0v) is 17.4. The van der Waals surface area contributed by atoms with Crippen molar-refractivity contribution >= 4 is 33.4 Å². The number of para-hydroxylation sites is 1. The molecular formula is C25H21F2N3O2. The second kappa shape index (κ2) is 7.75. The van der Waals surface area contributed by atoms with Gasteiger partial charge in [0.05, 0.1) is 11.1 Å². The summed E-state index contributed by atoms with van der Waals surface area (Å²) >= 11 is 0. The minimum atomic E-state index is -0.703. The first-order valence-corrected chi connectivity index (χ1v) is 10.5. The molecule has 1 aromatic heterocycles. The summed E-state index contributed by atoms with van der Waals surface area (Å²) in [6.07, 6.45) is 0.952. The van der Waals surface area contributed by atoms with Gasteiger partial charge < -0.3 is 15.2 Å². The number of fused-ring (bicyclic) bond motifs is 3. The van der Waals surface area contributed by atoms with Crippen LogP contribution < -0.4 is 15.6 Å². The molecule has 2 N–H and O–H groups in total. The van der Waals surface area contributed by atoms with Gasteiger partial charge in [-0.2, -0.15) is 0 Å². The number of hydrogen-bond acceptors (Lipinski definition) is 3. The summed E-state index contributed by atoms with van der Waals surface area (Å²) in [6.45, 7) is 3.11. The van der Waals surface area contributed by atoms with Crippen LogP contribution >= 0.6 is 0 Å². The van der Waals surface area contributed by atoms with Crippen LogP contribution in [0.4, 0.5) is 14.5 Å². The zero-order chi connectivity index (χ0) is 22.4. The average molecular weight is 433 g/mol. The number of anilines is 1. The molecule has 0 bridgehead atoms. The van der Waals surface area contributed by atoms with Gasteiger partial charge in [0, 0.05) is 41.1 Å². The average Bonchev–Trinajstić information content (AvgIpc) is 3.09. The van der Waals surface area contributed by atoms with Gasteiger partial charge in [0.25, 0.3) is 5.91 Å². The number of H-pyrrole nitrogens is 1. The van der Waals surface area contributed by atoms with E-state index in [1.54, 1.807) is 0 Å². The smallest absolute Gasteiger partial charge is 0.253 e. The fourth-order valence-electron chi connectivity index (χ4n) is 4.55. The van der Waals surface area contributed by atoms with E-state index in [0.29, 0.717) is 24.6 Å². The lowest BCUT2D eigenvalue weighted by Crippen LogP contribution is -2.38. The van der Waals surface area contributed by atoms with Crippen molar-refractivity contribution in [2.24, 2.45) is 0 Å². The lowest BCUT2D eigenvalue weighted by molar-refractivity contribution is 0.0955. The Morgan fingerprint density at radius 1 is 1.09 bits per heavy atom. The summed E-state index contributed by atoms with van der Waals surface area (Å²) < 4.78 is 27.9. The summed E-state index contributed by atoms with van der Waals surface area (Å²) in [5.74, 6) is -1.74. The van der Waals surface area contributed by atoms with Gasteiger partial charge in [0.2, 0.25) is 0 Å². The van der Waals surface area contributed by atoms with Crippen molar-refractivity contribution in [3.05, 3.63) is 87.6 Å². The number of nitrogens with zero attached hydrogens (tertiary/aromatic N) is 1. The number of carbonyl (C=O) groups is 1. The van der Waals surface area contributed by atoms with Gasteiger partial charge in [0.1, 0.15) is 11.6 Å². The quantitative estimate of drug-likeness (QED) is 0.476. The Balaban J connectivity index is 1.43. The van der Waals surface area contributed by atoms with Crippen LogP contribution in [0.1, 0.15) is 22.8 Å². The van der Waals surface area contributed by atoms with Crippen molar-refractivity contribution in [3.63, 3.8) is 0 Å². The van der Waals surface area contributed by atoms with Gasteiger partial charge >= 0.3 is 0 Å². The number of carbonyl (C=O) groups excluding carboxylic acids is 1. The number of aromatic nitrogens is 1. The van der Waals surface area contributed by atoms with Crippen LogP contribution in [-0.2, 0) is 6.42 Å². The van der Waals surface area contributed by atoms with Crippen molar-refractivity contribution in [1.82, 2.24) is 10.3 Å². The molecule has 0 aliphatic carbocycles. The van der Waals surface area contributed by atoms with Crippen molar-refractivity contribution in [3.8, 4) is 0 Å². The first-order chi connectivity index (χ1) is 15.4. The molecular weight excluding hydrogens is 412 g/mol. The molecule has 4 aromatic rings. The Hall–Kier alpha value is -3.74. The second-order valence-electron chi connectivity index (χ2n) is 8.15. The predicted octanol–water partition coefficient (Wildman–Crippen LogP) is 4.14. The first kappa shape index (κ1) is 20.2. The van der Waals surface area contributed by atoms with E-state index in [2.05, 4.69) is 34.3 Å². The molecule has 0 fully saturated rings. The molecule has 1 aliphatic rings. The first-order valence-electron chi connectivity index (χ1n) is 10.5. The van der Waals surface area contributed by atoms with Crippen LogP contribution in [0.15, 0.2) is 59.4 Å². The maximum Gasteiger partial charge on any atom is 0.253 e. The van der Waals surface area contributed by atoms with Crippen LogP contribution in [0.2, 0.25) is 0 Å². The highest BCUT2D eigenvalue weighted by Gasteiger charge is 2.25.